The lowest BCUT2D eigenvalue weighted by molar-refractivity contribution is -0.184. The topological polar surface area (TPSA) is 44.4 Å². The zero-order valence-electron chi connectivity index (χ0n) is 12.5. The Morgan fingerprint density at radius 2 is 1.91 bits per heavy atom. The van der Waals surface area contributed by atoms with Crippen LogP contribution in [0.25, 0.3) is 0 Å². The molecule has 23 heavy (non-hydrogen) atoms. The van der Waals surface area contributed by atoms with E-state index < -0.39 is 30.5 Å². The Morgan fingerprint density at radius 3 is 2.52 bits per heavy atom. The van der Waals surface area contributed by atoms with Crippen LogP contribution in [0.15, 0.2) is 24.3 Å². The van der Waals surface area contributed by atoms with Gasteiger partial charge in [0.2, 0.25) is 5.91 Å². The molecule has 8 heteroatoms. The Hall–Kier alpha value is -1.67. The first-order valence-corrected chi connectivity index (χ1v) is 7.39. The summed E-state index contributed by atoms with van der Waals surface area (Å²) in [5.74, 6) is -1.17. The first-order valence-electron chi connectivity index (χ1n) is 7.39. The maximum atomic E-state index is 13.5. The highest BCUT2D eigenvalue weighted by Gasteiger charge is 2.43. The predicted molar refractivity (Wildman–Crippen MR) is 77.4 cm³/mol. The molecule has 1 unspecified atom stereocenters. The molecule has 0 bridgehead atoms. The molecule has 0 aromatic heterocycles. The van der Waals surface area contributed by atoms with E-state index in [2.05, 4.69) is 10.6 Å². The number of carbonyl (C=O) groups excluding carboxylic acids is 1. The summed E-state index contributed by atoms with van der Waals surface area (Å²) in [6.45, 7) is 0.975. The van der Waals surface area contributed by atoms with E-state index >= 15 is 0 Å². The third kappa shape index (κ3) is 5.18. The van der Waals surface area contributed by atoms with Gasteiger partial charge in [0.05, 0.1) is 6.42 Å². The van der Waals surface area contributed by atoms with Crippen molar-refractivity contribution in [2.45, 2.75) is 18.6 Å². The first kappa shape index (κ1) is 17.7. The Labute approximate surface area is 131 Å². The average molecular weight is 333 g/mol. The highest BCUT2D eigenvalue weighted by molar-refractivity contribution is 5.78. The summed E-state index contributed by atoms with van der Waals surface area (Å²) in [6, 6.07) is 3.98. The zero-order chi connectivity index (χ0) is 16.9. The second kappa shape index (κ2) is 7.74. The van der Waals surface area contributed by atoms with E-state index in [-0.39, 0.29) is 25.1 Å². The van der Waals surface area contributed by atoms with E-state index in [1.807, 2.05) is 0 Å². The van der Waals surface area contributed by atoms with Crippen LogP contribution in [0.5, 0.6) is 0 Å². The van der Waals surface area contributed by atoms with Crippen LogP contribution in [0.2, 0.25) is 0 Å². The van der Waals surface area contributed by atoms with Gasteiger partial charge in [-0.2, -0.15) is 13.2 Å². The quantitative estimate of drug-likeness (QED) is 0.799. The van der Waals surface area contributed by atoms with Crippen molar-refractivity contribution in [1.29, 1.82) is 0 Å². The fourth-order valence-corrected chi connectivity index (χ4v) is 2.53. The Balaban J connectivity index is 1.92. The predicted octanol–water partition coefficient (Wildman–Crippen LogP) is 1.32. The van der Waals surface area contributed by atoms with Gasteiger partial charge >= 0.3 is 6.18 Å². The molecule has 128 valence electrons. The maximum Gasteiger partial charge on any atom is 0.405 e. The number of rotatable bonds is 5. The molecule has 1 aromatic rings. The van der Waals surface area contributed by atoms with Crippen molar-refractivity contribution in [2.24, 2.45) is 0 Å². The molecule has 1 amide bonds. The van der Waals surface area contributed by atoms with Gasteiger partial charge in [0, 0.05) is 32.7 Å². The second-order valence-electron chi connectivity index (χ2n) is 5.42. The molecule has 1 aromatic carbocycles. The minimum atomic E-state index is -4.43. The van der Waals surface area contributed by atoms with Crippen LogP contribution in [0.1, 0.15) is 5.56 Å². The van der Waals surface area contributed by atoms with E-state index in [1.165, 1.54) is 23.1 Å². The van der Waals surface area contributed by atoms with Gasteiger partial charge in [0.25, 0.3) is 0 Å². The lowest BCUT2D eigenvalue weighted by Crippen LogP contribution is -2.57. The monoisotopic (exact) mass is 333 g/mol. The normalized spacial score (nSPS) is 17.7. The molecule has 0 radical (unpaired) electrons. The van der Waals surface area contributed by atoms with Crippen LogP contribution >= 0.6 is 0 Å². The number of hydrogen-bond donors (Lipinski definition) is 2. The van der Waals surface area contributed by atoms with E-state index in [0.29, 0.717) is 13.1 Å². The lowest BCUT2D eigenvalue weighted by atomic mass is 10.1. The van der Waals surface area contributed by atoms with Gasteiger partial charge in [0.1, 0.15) is 11.9 Å². The summed E-state index contributed by atoms with van der Waals surface area (Å²) >= 11 is 0. The summed E-state index contributed by atoms with van der Waals surface area (Å²) in [6.07, 6.45) is -4.71. The van der Waals surface area contributed by atoms with Gasteiger partial charge in [-0.3, -0.25) is 9.69 Å². The number of benzene rings is 1. The Morgan fingerprint density at radius 1 is 1.26 bits per heavy atom. The molecule has 1 heterocycles. The second-order valence-corrected chi connectivity index (χ2v) is 5.42. The summed E-state index contributed by atoms with van der Waals surface area (Å²) in [5.41, 5.74) is 0.163. The maximum absolute atomic E-state index is 13.5. The molecule has 2 N–H and O–H groups in total. The van der Waals surface area contributed by atoms with Gasteiger partial charge in [0.15, 0.2) is 0 Å². The Kier molecular flexibility index (Phi) is 5.95. The summed E-state index contributed by atoms with van der Waals surface area (Å²) < 4.78 is 53.0. The molecule has 0 spiro atoms. The van der Waals surface area contributed by atoms with E-state index in [0.717, 1.165) is 0 Å². The third-order valence-corrected chi connectivity index (χ3v) is 3.77. The average Bonchev–Trinajstić information content (AvgIpc) is 2.49. The fraction of sp³-hybridized carbons (Fsp3) is 0.533. The summed E-state index contributed by atoms with van der Waals surface area (Å²) in [7, 11) is 0. The van der Waals surface area contributed by atoms with Gasteiger partial charge < -0.3 is 10.6 Å². The number of nitrogens with zero attached hydrogens (tertiary/aromatic N) is 1. The molecule has 2 rings (SSSR count). The molecule has 1 aliphatic rings. The van der Waals surface area contributed by atoms with Gasteiger partial charge in [-0.25, -0.2) is 4.39 Å². The highest BCUT2D eigenvalue weighted by atomic mass is 19.4. The van der Waals surface area contributed by atoms with E-state index in [4.69, 9.17) is 0 Å². The number of amides is 1. The number of alkyl halides is 3. The minimum Gasteiger partial charge on any atom is -0.354 e. The van der Waals surface area contributed by atoms with Crippen molar-refractivity contribution in [2.75, 3.05) is 32.7 Å². The van der Waals surface area contributed by atoms with Gasteiger partial charge in [-0.15, -0.1) is 0 Å². The number of piperazine rings is 1. The van der Waals surface area contributed by atoms with E-state index in [9.17, 15) is 22.4 Å². The van der Waals surface area contributed by atoms with Crippen LogP contribution in [-0.2, 0) is 11.2 Å². The molecule has 0 saturated carbocycles. The third-order valence-electron chi connectivity index (χ3n) is 3.77. The number of carbonyl (C=O) groups is 1. The lowest BCUT2D eigenvalue weighted by Gasteiger charge is -2.35. The van der Waals surface area contributed by atoms with Crippen molar-refractivity contribution in [3.63, 3.8) is 0 Å². The van der Waals surface area contributed by atoms with E-state index in [1.54, 1.807) is 6.07 Å². The van der Waals surface area contributed by atoms with Crippen LogP contribution in [0.3, 0.4) is 0 Å². The first-order chi connectivity index (χ1) is 10.9. The SMILES string of the molecule is O=C(Cc1ccccc1F)NCC(N1CCNCC1)C(F)(F)F. The molecule has 1 aliphatic heterocycles. The molecular weight excluding hydrogens is 314 g/mol. The van der Waals surface area contributed by atoms with Crippen LogP contribution in [0.4, 0.5) is 17.6 Å². The van der Waals surface area contributed by atoms with Gasteiger partial charge in [-0.1, -0.05) is 18.2 Å². The van der Waals surface area contributed by atoms with Crippen molar-refractivity contribution >= 4 is 5.91 Å². The van der Waals surface area contributed by atoms with Crippen molar-refractivity contribution in [1.82, 2.24) is 15.5 Å². The van der Waals surface area contributed by atoms with Crippen LogP contribution in [-0.4, -0.2) is 55.7 Å². The number of nitrogens with one attached hydrogen (secondary N) is 2. The molecule has 4 nitrogen and oxygen atoms in total. The molecular formula is C15H19F4N3O. The molecule has 1 saturated heterocycles. The number of halogens is 4. The van der Waals surface area contributed by atoms with Crippen LogP contribution in [0, 0.1) is 5.82 Å². The minimum absolute atomic E-state index is 0.163. The largest absolute Gasteiger partial charge is 0.405 e. The molecule has 1 fully saturated rings. The Bertz CT molecular complexity index is 530. The van der Waals surface area contributed by atoms with Crippen molar-refractivity contribution in [3.05, 3.63) is 35.6 Å². The van der Waals surface area contributed by atoms with Crippen molar-refractivity contribution in [3.8, 4) is 0 Å². The standard InChI is InChI=1S/C15H19F4N3O/c16-12-4-2-1-3-11(12)9-14(23)21-10-13(15(17,18)19)22-7-5-20-6-8-22/h1-4,13,20H,5-10H2,(H,21,23). The smallest absolute Gasteiger partial charge is 0.354 e. The zero-order valence-corrected chi connectivity index (χ0v) is 12.5. The van der Waals surface area contributed by atoms with Crippen LogP contribution < -0.4 is 10.6 Å². The fourth-order valence-electron chi connectivity index (χ4n) is 2.53. The highest BCUT2D eigenvalue weighted by Crippen LogP contribution is 2.24. The number of hydrogen-bond acceptors (Lipinski definition) is 3. The molecule has 0 aliphatic carbocycles. The molecule has 1 atom stereocenters. The van der Waals surface area contributed by atoms with Gasteiger partial charge in [-0.05, 0) is 11.6 Å². The summed E-state index contributed by atoms with van der Waals surface area (Å²) in [5, 5.41) is 5.26. The van der Waals surface area contributed by atoms with Crippen molar-refractivity contribution < 1.29 is 22.4 Å². The summed E-state index contributed by atoms with van der Waals surface area (Å²) in [4.78, 5) is 13.1.